The van der Waals surface area contributed by atoms with Crippen molar-refractivity contribution >= 4 is 6.09 Å². The second kappa shape index (κ2) is 7.60. The Morgan fingerprint density at radius 2 is 2.00 bits per heavy atom. The van der Waals surface area contributed by atoms with Crippen LogP contribution in [0.1, 0.15) is 24.4 Å². The predicted octanol–water partition coefficient (Wildman–Crippen LogP) is 2.85. The summed E-state index contributed by atoms with van der Waals surface area (Å²) in [6.07, 6.45) is 3.16. The van der Waals surface area contributed by atoms with Crippen LogP contribution in [0.25, 0.3) is 0 Å². The molecule has 2 aromatic rings. The smallest absolute Gasteiger partial charge is 0.410 e. The third-order valence-corrected chi connectivity index (χ3v) is 5.23. The number of likely N-dealkylation sites (tertiary alicyclic amines) is 1. The van der Waals surface area contributed by atoms with E-state index in [4.69, 9.17) is 13.9 Å². The van der Waals surface area contributed by atoms with Gasteiger partial charge < -0.3 is 18.8 Å². The van der Waals surface area contributed by atoms with Gasteiger partial charge in [0.1, 0.15) is 24.2 Å². The number of oxazole rings is 1. The highest BCUT2D eigenvalue weighted by atomic mass is 16.6. The van der Waals surface area contributed by atoms with Crippen molar-refractivity contribution in [3.63, 3.8) is 0 Å². The lowest BCUT2D eigenvalue weighted by Crippen LogP contribution is -2.46. The molecule has 0 aliphatic carbocycles. The SMILES string of the molecule is Cc1nc(CN2CCC3(CC2)CN(CCOc2ccccc2)C(=O)O3)co1. The second-order valence-electron chi connectivity index (χ2n) is 7.27. The summed E-state index contributed by atoms with van der Waals surface area (Å²) in [4.78, 5) is 20.7. The number of para-hydroxylation sites is 1. The molecule has 0 radical (unpaired) electrons. The Morgan fingerprint density at radius 1 is 1.22 bits per heavy atom. The van der Waals surface area contributed by atoms with Gasteiger partial charge >= 0.3 is 6.09 Å². The highest BCUT2D eigenvalue weighted by molar-refractivity contribution is 5.70. The lowest BCUT2D eigenvalue weighted by Gasteiger charge is -2.37. The minimum Gasteiger partial charge on any atom is -0.492 e. The molecule has 0 N–H and O–H groups in total. The fraction of sp³-hybridized carbons (Fsp3) is 0.500. The summed E-state index contributed by atoms with van der Waals surface area (Å²) in [5, 5.41) is 0. The lowest BCUT2D eigenvalue weighted by molar-refractivity contribution is -0.00152. The Bertz CT molecular complexity index is 769. The molecule has 2 aliphatic rings. The monoisotopic (exact) mass is 371 g/mol. The fourth-order valence-electron chi connectivity index (χ4n) is 3.74. The van der Waals surface area contributed by atoms with Gasteiger partial charge in [0.2, 0.25) is 0 Å². The van der Waals surface area contributed by atoms with Crippen molar-refractivity contribution in [2.24, 2.45) is 0 Å². The van der Waals surface area contributed by atoms with E-state index >= 15 is 0 Å². The number of carbonyl (C=O) groups excluding carboxylic acids is 1. The number of piperidine rings is 1. The zero-order chi connectivity index (χ0) is 18.7. The predicted molar refractivity (Wildman–Crippen MR) is 98.5 cm³/mol. The number of aromatic nitrogens is 1. The van der Waals surface area contributed by atoms with E-state index in [1.807, 2.05) is 37.3 Å². The number of ether oxygens (including phenoxy) is 2. The quantitative estimate of drug-likeness (QED) is 0.778. The summed E-state index contributed by atoms with van der Waals surface area (Å²) >= 11 is 0. The molecule has 144 valence electrons. The molecule has 0 unspecified atom stereocenters. The fourth-order valence-corrected chi connectivity index (χ4v) is 3.74. The number of carbonyl (C=O) groups is 1. The van der Waals surface area contributed by atoms with Crippen molar-refractivity contribution in [3.8, 4) is 5.75 Å². The van der Waals surface area contributed by atoms with Gasteiger partial charge in [-0.2, -0.15) is 0 Å². The third kappa shape index (κ3) is 4.24. The van der Waals surface area contributed by atoms with Gasteiger partial charge in [-0.1, -0.05) is 18.2 Å². The standard InChI is InChI=1S/C20H25N3O4/c1-16-21-17(14-26-16)13-22-9-7-20(8-10-22)15-23(19(24)27-20)11-12-25-18-5-3-2-4-6-18/h2-6,14H,7-13,15H2,1H3. The van der Waals surface area contributed by atoms with Gasteiger partial charge in [0.15, 0.2) is 5.89 Å². The topological polar surface area (TPSA) is 68.0 Å². The molecule has 7 nitrogen and oxygen atoms in total. The first-order valence-electron chi connectivity index (χ1n) is 9.41. The molecule has 3 heterocycles. The van der Waals surface area contributed by atoms with Crippen molar-refractivity contribution in [2.75, 3.05) is 32.8 Å². The van der Waals surface area contributed by atoms with E-state index in [2.05, 4.69) is 9.88 Å². The van der Waals surface area contributed by atoms with Crippen LogP contribution in [-0.2, 0) is 11.3 Å². The number of hydrogen-bond donors (Lipinski definition) is 0. The lowest BCUT2D eigenvalue weighted by atomic mass is 9.91. The average molecular weight is 371 g/mol. The number of amides is 1. The van der Waals surface area contributed by atoms with Gasteiger partial charge in [-0.25, -0.2) is 9.78 Å². The highest BCUT2D eigenvalue weighted by Gasteiger charge is 2.46. The van der Waals surface area contributed by atoms with Crippen molar-refractivity contribution in [1.82, 2.24) is 14.8 Å². The molecule has 4 rings (SSSR count). The number of nitrogens with zero attached hydrogens (tertiary/aromatic N) is 3. The van der Waals surface area contributed by atoms with Crippen LogP contribution in [0.5, 0.6) is 5.75 Å². The normalized spacial score (nSPS) is 19.4. The molecule has 0 atom stereocenters. The summed E-state index contributed by atoms with van der Waals surface area (Å²) < 4.78 is 16.8. The Balaban J connectivity index is 1.25. The van der Waals surface area contributed by atoms with E-state index in [-0.39, 0.29) is 11.7 Å². The van der Waals surface area contributed by atoms with Crippen LogP contribution in [0.2, 0.25) is 0 Å². The zero-order valence-corrected chi connectivity index (χ0v) is 15.6. The minimum atomic E-state index is -0.361. The largest absolute Gasteiger partial charge is 0.492 e. The van der Waals surface area contributed by atoms with Gasteiger partial charge in [-0.3, -0.25) is 4.90 Å². The second-order valence-corrected chi connectivity index (χ2v) is 7.27. The highest BCUT2D eigenvalue weighted by Crippen LogP contribution is 2.33. The average Bonchev–Trinajstić information content (AvgIpc) is 3.21. The summed E-state index contributed by atoms with van der Waals surface area (Å²) in [6, 6.07) is 9.64. The Kier molecular flexibility index (Phi) is 5.03. The molecule has 0 bridgehead atoms. The number of aryl methyl sites for hydroxylation is 1. The molecule has 7 heteroatoms. The molecule has 1 amide bonds. The van der Waals surface area contributed by atoms with Gasteiger partial charge in [0, 0.05) is 39.4 Å². The molecule has 0 saturated carbocycles. The molecular formula is C20H25N3O4. The Morgan fingerprint density at radius 3 is 2.70 bits per heavy atom. The van der Waals surface area contributed by atoms with Crippen LogP contribution in [0.15, 0.2) is 41.0 Å². The Hall–Kier alpha value is -2.54. The van der Waals surface area contributed by atoms with Crippen LogP contribution in [-0.4, -0.2) is 59.3 Å². The molecule has 1 spiro atoms. The van der Waals surface area contributed by atoms with Crippen molar-refractivity contribution in [1.29, 1.82) is 0 Å². The van der Waals surface area contributed by atoms with E-state index < -0.39 is 0 Å². The molecule has 2 fully saturated rings. The number of rotatable bonds is 6. The molecule has 1 aromatic carbocycles. The maximum atomic E-state index is 12.3. The first kappa shape index (κ1) is 17.9. The first-order chi connectivity index (χ1) is 13.1. The summed E-state index contributed by atoms with van der Waals surface area (Å²) in [5.41, 5.74) is 0.589. The van der Waals surface area contributed by atoms with Gasteiger partial charge in [-0.05, 0) is 12.1 Å². The number of hydrogen-bond acceptors (Lipinski definition) is 6. The van der Waals surface area contributed by atoms with E-state index in [0.717, 1.165) is 43.9 Å². The number of benzene rings is 1. The van der Waals surface area contributed by atoms with Crippen LogP contribution < -0.4 is 4.74 Å². The van der Waals surface area contributed by atoms with E-state index in [1.54, 1.807) is 11.2 Å². The summed E-state index contributed by atoms with van der Waals surface area (Å²) in [7, 11) is 0. The molecule has 2 aliphatic heterocycles. The van der Waals surface area contributed by atoms with E-state index in [9.17, 15) is 4.79 Å². The molecule has 1 aromatic heterocycles. The maximum Gasteiger partial charge on any atom is 0.410 e. The zero-order valence-electron chi connectivity index (χ0n) is 15.6. The molecule has 2 saturated heterocycles. The summed E-state index contributed by atoms with van der Waals surface area (Å²) in [5.74, 6) is 1.51. The first-order valence-corrected chi connectivity index (χ1v) is 9.41. The van der Waals surface area contributed by atoms with Crippen molar-refractivity contribution < 1.29 is 18.7 Å². The minimum absolute atomic E-state index is 0.229. The van der Waals surface area contributed by atoms with Crippen LogP contribution in [0, 0.1) is 6.92 Å². The van der Waals surface area contributed by atoms with Crippen LogP contribution in [0.3, 0.4) is 0 Å². The third-order valence-electron chi connectivity index (χ3n) is 5.23. The molecular weight excluding hydrogens is 346 g/mol. The Labute approximate surface area is 158 Å². The molecule has 27 heavy (non-hydrogen) atoms. The van der Waals surface area contributed by atoms with Gasteiger partial charge in [0.25, 0.3) is 0 Å². The van der Waals surface area contributed by atoms with Gasteiger partial charge in [-0.15, -0.1) is 0 Å². The maximum absolute atomic E-state index is 12.3. The van der Waals surface area contributed by atoms with Crippen molar-refractivity contribution in [2.45, 2.75) is 31.9 Å². The van der Waals surface area contributed by atoms with Gasteiger partial charge in [0.05, 0.1) is 18.8 Å². The van der Waals surface area contributed by atoms with Crippen LogP contribution >= 0.6 is 0 Å². The van der Waals surface area contributed by atoms with E-state index in [0.29, 0.717) is 25.6 Å². The summed E-state index contributed by atoms with van der Waals surface area (Å²) in [6.45, 7) is 6.03. The van der Waals surface area contributed by atoms with E-state index in [1.165, 1.54) is 0 Å². The van der Waals surface area contributed by atoms with Crippen molar-refractivity contribution in [3.05, 3.63) is 48.2 Å². The van der Waals surface area contributed by atoms with Crippen LogP contribution in [0.4, 0.5) is 4.79 Å².